The molecule has 0 aromatic carbocycles. The van der Waals surface area contributed by atoms with E-state index in [1.165, 1.54) is 6.20 Å². The maximum Gasteiger partial charge on any atom is 0.409 e. The Hall–Kier alpha value is -1.94. The molecule has 0 bridgehead atoms. The molecule has 2 N–H and O–H groups in total. The van der Waals surface area contributed by atoms with Crippen LogP contribution in [0.5, 0.6) is 0 Å². The first-order chi connectivity index (χ1) is 10.6. The second-order valence-electron chi connectivity index (χ2n) is 4.74. The minimum Gasteiger partial charge on any atom is -0.450 e. The fraction of sp³-hybridized carbons (Fsp3) is 0.643. The van der Waals surface area contributed by atoms with Gasteiger partial charge in [-0.3, -0.25) is 4.79 Å². The number of piperidine rings is 1. The second kappa shape index (κ2) is 9.90. The van der Waals surface area contributed by atoms with Crippen molar-refractivity contribution in [3.63, 3.8) is 0 Å². The zero-order chi connectivity index (χ0) is 16.4. The van der Waals surface area contributed by atoms with Gasteiger partial charge < -0.3 is 20.3 Å². The number of alkyl halides is 1. The molecule has 1 aliphatic rings. The molecule has 7 nitrogen and oxygen atoms in total. The fourth-order valence-corrected chi connectivity index (χ4v) is 2.14. The molecule has 1 aliphatic heterocycles. The van der Waals surface area contributed by atoms with Crippen molar-refractivity contribution in [3.8, 4) is 6.07 Å². The Morgan fingerprint density at radius 1 is 1.45 bits per heavy atom. The molecule has 0 aromatic rings. The molecule has 0 unspecified atom stereocenters. The summed E-state index contributed by atoms with van der Waals surface area (Å²) in [5, 5.41) is 14.6. The third kappa shape index (κ3) is 5.82. The van der Waals surface area contributed by atoms with Crippen LogP contribution in [0.1, 0.15) is 19.8 Å². The van der Waals surface area contributed by atoms with E-state index in [9.17, 15) is 9.59 Å². The molecule has 0 aromatic heterocycles. The number of carbonyl (C=O) groups is 2. The third-order valence-electron chi connectivity index (χ3n) is 3.23. The average Bonchev–Trinajstić information content (AvgIpc) is 2.54. The number of nitrogens with zero attached hydrogens (tertiary/aromatic N) is 2. The Bertz CT molecular complexity index is 453. The van der Waals surface area contributed by atoms with Crippen LogP contribution in [-0.4, -0.2) is 55.1 Å². The fourth-order valence-electron chi connectivity index (χ4n) is 2.05. The van der Waals surface area contributed by atoms with Gasteiger partial charge in [0.25, 0.3) is 5.91 Å². The van der Waals surface area contributed by atoms with Crippen LogP contribution in [0.25, 0.3) is 0 Å². The summed E-state index contributed by atoms with van der Waals surface area (Å²) < 4.78 is 4.95. The van der Waals surface area contributed by atoms with E-state index in [1.54, 1.807) is 11.8 Å². The summed E-state index contributed by atoms with van der Waals surface area (Å²) in [7, 11) is 0. The quantitative estimate of drug-likeness (QED) is 0.430. The number of amides is 2. The maximum atomic E-state index is 11.6. The van der Waals surface area contributed by atoms with Crippen LogP contribution in [0.2, 0.25) is 0 Å². The van der Waals surface area contributed by atoms with Gasteiger partial charge in [-0.15, -0.1) is 11.6 Å². The summed E-state index contributed by atoms with van der Waals surface area (Å²) in [5.41, 5.74) is 0.0120. The van der Waals surface area contributed by atoms with Crippen molar-refractivity contribution < 1.29 is 14.3 Å². The second-order valence-corrected chi connectivity index (χ2v) is 5.12. The van der Waals surface area contributed by atoms with E-state index in [1.807, 2.05) is 6.07 Å². The van der Waals surface area contributed by atoms with Crippen LogP contribution in [0, 0.1) is 11.3 Å². The SMILES string of the molecule is CCOC(=O)N1CCC(N/C=C(/C#N)C(=O)NCCCl)CC1. The van der Waals surface area contributed by atoms with Gasteiger partial charge in [-0.25, -0.2) is 4.79 Å². The van der Waals surface area contributed by atoms with Crippen LogP contribution < -0.4 is 10.6 Å². The molecule has 2 amide bonds. The van der Waals surface area contributed by atoms with Gasteiger partial charge in [0.2, 0.25) is 0 Å². The summed E-state index contributed by atoms with van der Waals surface area (Å²) in [6, 6.07) is 1.97. The molecule has 122 valence electrons. The van der Waals surface area contributed by atoms with Gasteiger partial charge in [0.15, 0.2) is 0 Å². The highest BCUT2D eigenvalue weighted by Gasteiger charge is 2.23. The topological polar surface area (TPSA) is 94.5 Å². The van der Waals surface area contributed by atoms with Gasteiger partial charge in [0, 0.05) is 37.8 Å². The van der Waals surface area contributed by atoms with Gasteiger partial charge in [-0.1, -0.05) is 0 Å². The largest absolute Gasteiger partial charge is 0.450 e. The molecular formula is C14H21ClN4O3. The van der Waals surface area contributed by atoms with Crippen molar-refractivity contribution in [2.75, 3.05) is 32.1 Å². The lowest BCUT2D eigenvalue weighted by Crippen LogP contribution is -2.44. The number of nitrogens with one attached hydrogen (secondary N) is 2. The smallest absolute Gasteiger partial charge is 0.409 e. The van der Waals surface area contributed by atoms with Crippen molar-refractivity contribution in [3.05, 3.63) is 11.8 Å². The molecule has 1 fully saturated rings. The summed E-state index contributed by atoms with van der Waals surface area (Å²) >= 11 is 5.48. The van der Waals surface area contributed by atoms with Gasteiger partial charge in [0.1, 0.15) is 11.6 Å². The number of hydrogen-bond donors (Lipinski definition) is 2. The van der Waals surface area contributed by atoms with E-state index >= 15 is 0 Å². The van der Waals surface area contributed by atoms with E-state index in [0.29, 0.717) is 32.1 Å². The number of halogens is 1. The summed E-state index contributed by atoms with van der Waals surface area (Å²) in [4.78, 5) is 24.9. The van der Waals surface area contributed by atoms with Crippen molar-refractivity contribution in [1.82, 2.24) is 15.5 Å². The van der Waals surface area contributed by atoms with Crippen LogP contribution in [-0.2, 0) is 9.53 Å². The number of nitriles is 1. The Kier molecular flexibility index (Phi) is 8.15. The van der Waals surface area contributed by atoms with E-state index < -0.39 is 5.91 Å². The lowest BCUT2D eigenvalue weighted by atomic mass is 10.1. The highest BCUT2D eigenvalue weighted by atomic mass is 35.5. The lowest BCUT2D eigenvalue weighted by Gasteiger charge is -2.31. The Labute approximate surface area is 135 Å². The van der Waals surface area contributed by atoms with E-state index in [4.69, 9.17) is 21.6 Å². The van der Waals surface area contributed by atoms with Crippen molar-refractivity contribution in [1.29, 1.82) is 5.26 Å². The number of likely N-dealkylation sites (tertiary alicyclic amines) is 1. The highest BCUT2D eigenvalue weighted by Crippen LogP contribution is 2.11. The number of hydrogen-bond acceptors (Lipinski definition) is 5. The van der Waals surface area contributed by atoms with Gasteiger partial charge >= 0.3 is 6.09 Å². The number of carbonyl (C=O) groups excluding carboxylic acids is 2. The predicted octanol–water partition coefficient (Wildman–Crippen LogP) is 0.959. The molecule has 0 radical (unpaired) electrons. The average molecular weight is 329 g/mol. The van der Waals surface area contributed by atoms with E-state index in [2.05, 4.69) is 10.6 Å². The molecular weight excluding hydrogens is 308 g/mol. The highest BCUT2D eigenvalue weighted by molar-refractivity contribution is 6.18. The Morgan fingerprint density at radius 3 is 2.68 bits per heavy atom. The third-order valence-corrected chi connectivity index (χ3v) is 3.42. The number of rotatable bonds is 6. The Balaban J connectivity index is 2.42. The first-order valence-electron chi connectivity index (χ1n) is 7.24. The molecule has 22 heavy (non-hydrogen) atoms. The van der Waals surface area contributed by atoms with Gasteiger partial charge in [0.05, 0.1) is 6.61 Å². The van der Waals surface area contributed by atoms with E-state index in [-0.39, 0.29) is 17.7 Å². The van der Waals surface area contributed by atoms with Crippen LogP contribution in [0.3, 0.4) is 0 Å². The number of ether oxygens (including phenoxy) is 1. The molecule has 0 aliphatic carbocycles. The zero-order valence-corrected chi connectivity index (χ0v) is 13.4. The first kappa shape index (κ1) is 18.1. The van der Waals surface area contributed by atoms with Crippen molar-refractivity contribution >= 4 is 23.6 Å². The van der Waals surface area contributed by atoms with Gasteiger partial charge in [-0.05, 0) is 19.8 Å². The Morgan fingerprint density at radius 2 is 2.14 bits per heavy atom. The molecule has 0 saturated carbocycles. The van der Waals surface area contributed by atoms with Crippen LogP contribution >= 0.6 is 11.6 Å². The molecule has 1 saturated heterocycles. The molecule has 1 rings (SSSR count). The van der Waals surface area contributed by atoms with E-state index in [0.717, 1.165) is 12.8 Å². The molecule has 1 heterocycles. The van der Waals surface area contributed by atoms with Gasteiger partial charge in [-0.2, -0.15) is 5.26 Å². The first-order valence-corrected chi connectivity index (χ1v) is 7.78. The molecule has 0 atom stereocenters. The zero-order valence-electron chi connectivity index (χ0n) is 12.6. The summed E-state index contributed by atoms with van der Waals surface area (Å²) in [6.45, 7) is 3.63. The van der Waals surface area contributed by atoms with Crippen LogP contribution in [0.15, 0.2) is 11.8 Å². The maximum absolute atomic E-state index is 11.6. The van der Waals surface area contributed by atoms with Crippen LogP contribution in [0.4, 0.5) is 4.79 Å². The standard InChI is InChI=1S/C14H21ClN4O3/c1-2-22-14(21)19-7-3-12(4-8-19)18-10-11(9-16)13(20)17-6-5-15/h10,12,18H,2-8H2,1H3,(H,17,20)/b11-10-. The lowest BCUT2D eigenvalue weighted by molar-refractivity contribution is -0.117. The summed E-state index contributed by atoms with van der Waals surface area (Å²) in [5.74, 6) is -0.149. The van der Waals surface area contributed by atoms with Crippen molar-refractivity contribution in [2.24, 2.45) is 0 Å². The normalized spacial score (nSPS) is 15.9. The minimum atomic E-state index is -0.445. The summed E-state index contributed by atoms with van der Waals surface area (Å²) in [6.07, 6.45) is 2.60. The minimum absolute atomic E-state index is 0.0120. The molecule has 0 spiro atoms. The van der Waals surface area contributed by atoms with Crippen molar-refractivity contribution in [2.45, 2.75) is 25.8 Å². The molecule has 8 heteroatoms. The predicted molar refractivity (Wildman–Crippen MR) is 82.2 cm³/mol. The monoisotopic (exact) mass is 328 g/mol.